The molecule has 1 aromatic carbocycles. The summed E-state index contributed by atoms with van der Waals surface area (Å²) in [7, 11) is 1.34. The van der Waals surface area contributed by atoms with Crippen LogP contribution < -0.4 is 0 Å². The molecule has 4 nitrogen and oxygen atoms in total. The zero-order chi connectivity index (χ0) is 14.4. The third-order valence-electron chi connectivity index (χ3n) is 2.83. The Balaban J connectivity index is 2.70. The normalized spacial score (nSPS) is 11.8. The van der Waals surface area contributed by atoms with E-state index < -0.39 is 0 Å². The Morgan fingerprint density at radius 2 is 1.89 bits per heavy atom. The molecule has 0 saturated heterocycles. The van der Waals surface area contributed by atoms with Crippen molar-refractivity contribution in [2.75, 3.05) is 13.7 Å². The van der Waals surface area contributed by atoms with E-state index in [4.69, 9.17) is 11.6 Å². The van der Waals surface area contributed by atoms with Gasteiger partial charge < -0.3 is 9.64 Å². The van der Waals surface area contributed by atoms with E-state index in [0.29, 0.717) is 18.1 Å². The van der Waals surface area contributed by atoms with Gasteiger partial charge in [0.25, 0.3) is 0 Å². The highest BCUT2D eigenvalue weighted by molar-refractivity contribution is 6.30. The van der Waals surface area contributed by atoms with Crippen LogP contribution in [0.3, 0.4) is 0 Å². The van der Waals surface area contributed by atoms with Gasteiger partial charge in [-0.2, -0.15) is 0 Å². The summed E-state index contributed by atoms with van der Waals surface area (Å²) >= 11 is 5.81. The molecule has 0 bridgehead atoms. The van der Waals surface area contributed by atoms with Crippen molar-refractivity contribution in [1.82, 2.24) is 4.90 Å². The van der Waals surface area contributed by atoms with Gasteiger partial charge in [0.1, 0.15) is 0 Å². The van der Waals surface area contributed by atoms with Gasteiger partial charge in [-0.1, -0.05) is 30.7 Å². The molecular formula is C14H18ClNO3. The predicted molar refractivity (Wildman–Crippen MR) is 73.7 cm³/mol. The topological polar surface area (TPSA) is 46.6 Å². The second kappa shape index (κ2) is 7.14. The van der Waals surface area contributed by atoms with Crippen molar-refractivity contribution >= 4 is 23.5 Å². The van der Waals surface area contributed by atoms with Crippen molar-refractivity contribution in [3.63, 3.8) is 0 Å². The summed E-state index contributed by atoms with van der Waals surface area (Å²) in [6, 6.07) is 7.28. The zero-order valence-corrected chi connectivity index (χ0v) is 12.1. The Kier molecular flexibility index (Phi) is 5.83. The van der Waals surface area contributed by atoms with Gasteiger partial charge in [0, 0.05) is 25.0 Å². The molecule has 0 radical (unpaired) electrons. The van der Waals surface area contributed by atoms with E-state index >= 15 is 0 Å². The number of hydrogen-bond acceptors (Lipinski definition) is 3. The molecule has 0 N–H and O–H groups in total. The first kappa shape index (κ1) is 15.5. The lowest BCUT2D eigenvalue weighted by atomic mass is 10.1. The van der Waals surface area contributed by atoms with Gasteiger partial charge >= 0.3 is 5.97 Å². The molecule has 0 aromatic heterocycles. The van der Waals surface area contributed by atoms with Crippen LogP contribution in [0.15, 0.2) is 24.3 Å². The second-order valence-corrected chi connectivity index (χ2v) is 4.89. The minimum absolute atomic E-state index is 0.0781. The molecule has 104 valence electrons. The smallest absolute Gasteiger partial charge is 0.310 e. The molecule has 0 spiro atoms. The highest BCUT2D eigenvalue weighted by Crippen LogP contribution is 2.13. The molecular weight excluding hydrogens is 266 g/mol. The minimum Gasteiger partial charge on any atom is -0.469 e. The monoisotopic (exact) mass is 283 g/mol. The molecule has 19 heavy (non-hydrogen) atoms. The first-order chi connectivity index (χ1) is 8.93. The van der Waals surface area contributed by atoms with Crippen LogP contribution in [-0.4, -0.2) is 30.4 Å². The number of nitrogens with zero attached hydrogens (tertiary/aromatic N) is 1. The van der Waals surface area contributed by atoms with E-state index in [1.54, 1.807) is 24.0 Å². The van der Waals surface area contributed by atoms with Crippen LogP contribution in [0.25, 0.3) is 0 Å². The molecule has 0 heterocycles. The SMILES string of the molecule is COC(=O)C(C)CN(Cc1ccc(Cl)cc1)C(C)=O. The minimum atomic E-state index is -0.346. The summed E-state index contributed by atoms with van der Waals surface area (Å²) in [5, 5.41) is 0.654. The Hall–Kier alpha value is -1.55. The molecule has 1 unspecified atom stereocenters. The fraction of sp³-hybridized carbons (Fsp3) is 0.429. The van der Waals surface area contributed by atoms with Crippen molar-refractivity contribution in [2.45, 2.75) is 20.4 Å². The second-order valence-electron chi connectivity index (χ2n) is 4.45. The van der Waals surface area contributed by atoms with E-state index in [2.05, 4.69) is 4.74 Å². The van der Waals surface area contributed by atoms with E-state index in [1.165, 1.54) is 14.0 Å². The largest absolute Gasteiger partial charge is 0.469 e. The average molecular weight is 284 g/mol. The Labute approximate surface area is 118 Å². The first-order valence-electron chi connectivity index (χ1n) is 6.01. The van der Waals surface area contributed by atoms with Crippen LogP contribution in [0.4, 0.5) is 0 Å². The summed E-state index contributed by atoms with van der Waals surface area (Å²) in [5.41, 5.74) is 0.969. The maximum atomic E-state index is 11.6. The van der Waals surface area contributed by atoms with Crippen molar-refractivity contribution in [2.24, 2.45) is 5.92 Å². The maximum absolute atomic E-state index is 11.6. The highest BCUT2D eigenvalue weighted by atomic mass is 35.5. The van der Waals surface area contributed by atoms with Gasteiger partial charge in [0.2, 0.25) is 5.91 Å². The third kappa shape index (κ3) is 4.91. The number of rotatable bonds is 5. The number of methoxy groups -OCH3 is 1. The van der Waals surface area contributed by atoms with Crippen LogP contribution in [-0.2, 0) is 20.9 Å². The lowest BCUT2D eigenvalue weighted by molar-refractivity contribution is -0.146. The maximum Gasteiger partial charge on any atom is 0.310 e. The van der Waals surface area contributed by atoms with Crippen molar-refractivity contribution in [1.29, 1.82) is 0 Å². The number of halogens is 1. The Morgan fingerprint density at radius 3 is 2.37 bits per heavy atom. The fourth-order valence-corrected chi connectivity index (χ4v) is 1.85. The lowest BCUT2D eigenvalue weighted by Gasteiger charge is -2.23. The van der Waals surface area contributed by atoms with Crippen LogP contribution in [0.1, 0.15) is 19.4 Å². The van der Waals surface area contributed by atoms with E-state index in [0.717, 1.165) is 5.56 Å². The van der Waals surface area contributed by atoms with Gasteiger partial charge in [0.15, 0.2) is 0 Å². The number of carbonyl (C=O) groups is 2. The number of benzene rings is 1. The molecule has 0 aliphatic heterocycles. The molecule has 1 atom stereocenters. The van der Waals surface area contributed by atoms with Crippen LogP contribution in [0.2, 0.25) is 5.02 Å². The molecule has 0 aliphatic rings. The summed E-state index contributed by atoms with van der Waals surface area (Å²) in [6.07, 6.45) is 0. The zero-order valence-electron chi connectivity index (χ0n) is 11.4. The van der Waals surface area contributed by atoms with Crippen molar-refractivity contribution in [3.05, 3.63) is 34.9 Å². The Morgan fingerprint density at radius 1 is 1.32 bits per heavy atom. The Bertz CT molecular complexity index is 445. The number of hydrogen-bond donors (Lipinski definition) is 0. The third-order valence-corrected chi connectivity index (χ3v) is 3.08. The lowest BCUT2D eigenvalue weighted by Crippen LogP contribution is -2.35. The highest BCUT2D eigenvalue weighted by Gasteiger charge is 2.19. The standard InChI is InChI=1S/C14H18ClNO3/c1-10(14(18)19-3)8-16(11(2)17)9-12-4-6-13(15)7-5-12/h4-7,10H,8-9H2,1-3H3. The summed E-state index contributed by atoms with van der Waals surface area (Å²) < 4.78 is 4.66. The van der Waals surface area contributed by atoms with Gasteiger partial charge in [-0.25, -0.2) is 0 Å². The number of esters is 1. The number of carbonyl (C=O) groups excluding carboxylic acids is 2. The van der Waals surface area contributed by atoms with Gasteiger partial charge in [-0.05, 0) is 17.7 Å². The van der Waals surface area contributed by atoms with Gasteiger partial charge in [-0.3, -0.25) is 9.59 Å². The van der Waals surface area contributed by atoms with E-state index in [9.17, 15) is 9.59 Å². The summed E-state index contributed by atoms with van der Waals surface area (Å²) in [5.74, 6) is -0.741. The molecule has 0 saturated carbocycles. The molecule has 1 amide bonds. The van der Waals surface area contributed by atoms with E-state index in [1.807, 2.05) is 12.1 Å². The predicted octanol–water partition coefficient (Wildman–Crippen LogP) is 2.50. The molecule has 5 heteroatoms. The molecule has 1 rings (SSSR count). The number of amides is 1. The van der Waals surface area contributed by atoms with E-state index in [-0.39, 0.29) is 17.8 Å². The summed E-state index contributed by atoms with van der Waals surface area (Å²) in [6.45, 7) is 4.02. The van der Waals surface area contributed by atoms with Gasteiger partial charge in [0.05, 0.1) is 13.0 Å². The van der Waals surface area contributed by atoms with Crippen LogP contribution in [0, 0.1) is 5.92 Å². The molecule has 0 aliphatic carbocycles. The molecule has 1 aromatic rings. The molecule has 0 fully saturated rings. The summed E-state index contributed by atoms with van der Waals surface area (Å²) in [4.78, 5) is 24.6. The van der Waals surface area contributed by atoms with Crippen LogP contribution in [0.5, 0.6) is 0 Å². The number of ether oxygens (including phenoxy) is 1. The van der Waals surface area contributed by atoms with Gasteiger partial charge in [-0.15, -0.1) is 0 Å². The average Bonchev–Trinajstić information content (AvgIpc) is 2.39. The van der Waals surface area contributed by atoms with Crippen molar-refractivity contribution in [3.8, 4) is 0 Å². The van der Waals surface area contributed by atoms with Crippen molar-refractivity contribution < 1.29 is 14.3 Å². The fourth-order valence-electron chi connectivity index (χ4n) is 1.72. The quantitative estimate of drug-likeness (QED) is 0.780. The first-order valence-corrected chi connectivity index (χ1v) is 6.39. The van der Waals surface area contributed by atoms with Crippen LogP contribution >= 0.6 is 11.6 Å².